The molecule has 0 radical (unpaired) electrons. The lowest BCUT2D eigenvalue weighted by molar-refractivity contribution is -0.124. The molecule has 2 aromatic carbocycles. The Kier molecular flexibility index (Phi) is 6.20. The fourth-order valence-corrected chi connectivity index (χ4v) is 3.42. The second kappa shape index (κ2) is 9.07. The van der Waals surface area contributed by atoms with E-state index in [0.717, 1.165) is 22.2 Å². The fourth-order valence-electron chi connectivity index (χ4n) is 3.27. The molecule has 9 heteroatoms. The minimum atomic E-state index is -0.320. The largest absolute Gasteiger partial charge is 0.484 e. The van der Waals surface area contributed by atoms with Crippen molar-refractivity contribution >= 4 is 39.9 Å². The number of aromatic nitrogens is 4. The van der Waals surface area contributed by atoms with Crippen LogP contribution in [0, 0.1) is 6.92 Å². The van der Waals surface area contributed by atoms with Crippen molar-refractivity contribution in [1.29, 1.82) is 0 Å². The van der Waals surface area contributed by atoms with E-state index in [-0.39, 0.29) is 18.1 Å². The minimum Gasteiger partial charge on any atom is -0.484 e. The van der Waals surface area contributed by atoms with Gasteiger partial charge in [0.1, 0.15) is 11.6 Å². The van der Waals surface area contributed by atoms with E-state index < -0.39 is 0 Å². The van der Waals surface area contributed by atoms with Gasteiger partial charge in [-0.15, -0.1) is 0 Å². The molecule has 170 valence electrons. The monoisotopic (exact) mass is 464 g/mol. The summed E-state index contributed by atoms with van der Waals surface area (Å²) in [6.45, 7) is 7.62. The summed E-state index contributed by atoms with van der Waals surface area (Å²) >= 11 is 6.37. The summed E-state index contributed by atoms with van der Waals surface area (Å²) < 4.78 is 5.70. The van der Waals surface area contributed by atoms with E-state index in [4.69, 9.17) is 26.3 Å². The van der Waals surface area contributed by atoms with Gasteiger partial charge in [0, 0.05) is 27.7 Å². The molecule has 1 amide bonds. The predicted octanol–water partition coefficient (Wildman–Crippen LogP) is 5.02. The summed E-state index contributed by atoms with van der Waals surface area (Å²) in [5.74, 6) is 1.49. The van der Waals surface area contributed by atoms with E-state index in [2.05, 4.69) is 20.8 Å². The Balaban J connectivity index is 1.67. The smallest absolute Gasteiger partial charge is 0.258 e. The van der Waals surface area contributed by atoms with Gasteiger partial charge < -0.3 is 15.4 Å². The van der Waals surface area contributed by atoms with Crippen LogP contribution in [-0.4, -0.2) is 38.2 Å². The van der Waals surface area contributed by atoms with Gasteiger partial charge in [-0.3, -0.25) is 9.89 Å². The van der Waals surface area contributed by atoms with Gasteiger partial charge in [-0.2, -0.15) is 5.10 Å². The molecule has 0 aliphatic heterocycles. The third kappa shape index (κ3) is 5.59. The number of carbonyl (C=O) groups is 1. The molecule has 0 saturated heterocycles. The summed E-state index contributed by atoms with van der Waals surface area (Å²) in [5, 5.41) is 14.4. The number of aryl methyl sites for hydroxylation is 1. The quantitative estimate of drug-likeness (QED) is 0.370. The number of anilines is 2. The standard InChI is InChI=1S/C24H25ClN6O2/c1-14-8-18-20(10-19(14)25)29-22(30-23(18)28-16-11-26-27-12-16)15-6-5-7-17(9-15)33-13-21(32)31-24(2,3)4/h5-12H,13H2,1-4H3,(H,26,27)(H,31,32)(H,28,29,30). The molecule has 2 heterocycles. The third-order valence-electron chi connectivity index (χ3n) is 4.71. The summed E-state index contributed by atoms with van der Waals surface area (Å²) in [6.07, 6.45) is 3.42. The second-order valence-corrected chi connectivity index (χ2v) is 9.15. The van der Waals surface area contributed by atoms with E-state index in [0.29, 0.717) is 27.9 Å². The molecule has 0 aliphatic rings. The van der Waals surface area contributed by atoms with Crippen LogP contribution in [0.5, 0.6) is 5.75 Å². The third-order valence-corrected chi connectivity index (χ3v) is 5.12. The number of nitrogens with zero attached hydrogens (tertiary/aromatic N) is 3. The van der Waals surface area contributed by atoms with Crippen LogP contribution >= 0.6 is 11.6 Å². The molecule has 4 aromatic rings. The molecular weight excluding hydrogens is 440 g/mol. The van der Waals surface area contributed by atoms with Gasteiger partial charge in [-0.05, 0) is 57.5 Å². The first-order valence-electron chi connectivity index (χ1n) is 10.5. The Morgan fingerprint density at radius 2 is 2.00 bits per heavy atom. The molecule has 0 saturated carbocycles. The van der Waals surface area contributed by atoms with Gasteiger partial charge in [0.25, 0.3) is 5.91 Å². The van der Waals surface area contributed by atoms with Crippen LogP contribution in [0.25, 0.3) is 22.3 Å². The number of ether oxygens (including phenoxy) is 1. The molecule has 0 unspecified atom stereocenters. The first kappa shape index (κ1) is 22.5. The lowest BCUT2D eigenvalue weighted by atomic mass is 10.1. The number of halogens is 1. The Morgan fingerprint density at radius 1 is 1.18 bits per heavy atom. The summed E-state index contributed by atoms with van der Waals surface area (Å²) in [5.41, 5.74) is 2.84. The predicted molar refractivity (Wildman–Crippen MR) is 130 cm³/mol. The van der Waals surface area contributed by atoms with Crippen LogP contribution in [0.2, 0.25) is 5.02 Å². The van der Waals surface area contributed by atoms with Crippen molar-refractivity contribution in [1.82, 2.24) is 25.5 Å². The molecule has 0 bridgehead atoms. The van der Waals surface area contributed by atoms with E-state index in [1.807, 2.05) is 58.0 Å². The number of fused-ring (bicyclic) bond motifs is 1. The number of aromatic amines is 1. The normalized spacial score (nSPS) is 11.4. The molecule has 4 rings (SSSR count). The number of benzene rings is 2. The van der Waals surface area contributed by atoms with Gasteiger partial charge in [0.15, 0.2) is 12.4 Å². The van der Waals surface area contributed by atoms with Crippen LogP contribution in [0.1, 0.15) is 26.3 Å². The molecule has 0 fully saturated rings. The Bertz CT molecular complexity index is 1300. The van der Waals surface area contributed by atoms with Crippen molar-refractivity contribution in [3.8, 4) is 17.1 Å². The maximum Gasteiger partial charge on any atom is 0.258 e. The Labute approximate surface area is 196 Å². The molecule has 0 atom stereocenters. The number of hydrogen-bond acceptors (Lipinski definition) is 6. The van der Waals surface area contributed by atoms with Crippen LogP contribution in [-0.2, 0) is 4.79 Å². The molecule has 3 N–H and O–H groups in total. The molecule has 8 nitrogen and oxygen atoms in total. The van der Waals surface area contributed by atoms with Crippen molar-refractivity contribution in [3.63, 3.8) is 0 Å². The lowest BCUT2D eigenvalue weighted by Gasteiger charge is -2.20. The highest BCUT2D eigenvalue weighted by Gasteiger charge is 2.15. The lowest BCUT2D eigenvalue weighted by Crippen LogP contribution is -2.43. The van der Waals surface area contributed by atoms with E-state index in [1.165, 1.54) is 0 Å². The average molecular weight is 465 g/mol. The highest BCUT2D eigenvalue weighted by molar-refractivity contribution is 6.32. The summed E-state index contributed by atoms with van der Waals surface area (Å²) in [4.78, 5) is 21.6. The first-order valence-corrected chi connectivity index (χ1v) is 10.8. The van der Waals surface area contributed by atoms with Gasteiger partial charge in [-0.1, -0.05) is 23.7 Å². The molecule has 2 aromatic heterocycles. The van der Waals surface area contributed by atoms with Crippen molar-refractivity contribution in [3.05, 3.63) is 59.4 Å². The number of carbonyl (C=O) groups excluding carboxylic acids is 1. The average Bonchev–Trinajstić information content (AvgIpc) is 3.25. The maximum atomic E-state index is 12.1. The van der Waals surface area contributed by atoms with Crippen molar-refractivity contribution in [2.24, 2.45) is 0 Å². The van der Waals surface area contributed by atoms with Gasteiger partial charge >= 0.3 is 0 Å². The zero-order valence-electron chi connectivity index (χ0n) is 18.9. The molecule has 0 spiro atoms. The highest BCUT2D eigenvalue weighted by Crippen LogP contribution is 2.31. The zero-order valence-corrected chi connectivity index (χ0v) is 19.6. The molecule has 33 heavy (non-hydrogen) atoms. The van der Waals surface area contributed by atoms with Crippen LogP contribution in [0.4, 0.5) is 11.5 Å². The van der Waals surface area contributed by atoms with Crippen molar-refractivity contribution in [2.45, 2.75) is 33.2 Å². The summed E-state index contributed by atoms with van der Waals surface area (Å²) in [6, 6.07) is 11.1. The molecular formula is C24H25ClN6O2. The number of nitrogens with one attached hydrogen (secondary N) is 3. The van der Waals surface area contributed by atoms with Crippen LogP contribution < -0.4 is 15.4 Å². The number of hydrogen-bond donors (Lipinski definition) is 3. The van der Waals surface area contributed by atoms with Crippen molar-refractivity contribution in [2.75, 3.05) is 11.9 Å². The fraction of sp³-hybridized carbons (Fsp3) is 0.250. The number of rotatable bonds is 6. The van der Waals surface area contributed by atoms with E-state index in [1.54, 1.807) is 18.5 Å². The SMILES string of the molecule is Cc1cc2c(Nc3cn[nH]c3)nc(-c3cccc(OCC(=O)NC(C)(C)C)c3)nc2cc1Cl. The number of amides is 1. The van der Waals surface area contributed by atoms with E-state index >= 15 is 0 Å². The number of H-pyrrole nitrogens is 1. The zero-order chi connectivity index (χ0) is 23.6. The topological polar surface area (TPSA) is 105 Å². The maximum absolute atomic E-state index is 12.1. The highest BCUT2D eigenvalue weighted by atomic mass is 35.5. The minimum absolute atomic E-state index is 0.0819. The Hall–Kier alpha value is -3.65. The molecule has 0 aliphatic carbocycles. The van der Waals surface area contributed by atoms with Crippen LogP contribution in [0.3, 0.4) is 0 Å². The Morgan fingerprint density at radius 3 is 2.73 bits per heavy atom. The van der Waals surface area contributed by atoms with Gasteiger partial charge in [0.2, 0.25) is 0 Å². The van der Waals surface area contributed by atoms with Gasteiger partial charge in [0.05, 0.1) is 17.4 Å². The van der Waals surface area contributed by atoms with Crippen molar-refractivity contribution < 1.29 is 9.53 Å². The van der Waals surface area contributed by atoms with Gasteiger partial charge in [-0.25, -0.2) is 9.97 Å². The first-order chi connectivity index (χ1) is 15.7. The summed E-state index contributed by atoms with van der Waals surface area (Å²) in [7, 11) is 0. The second-order valence-electron chi connectivity index (χ2n) is 8.74. The van der Waals surface area contributed by atoms with E-state index in [9.17, 15) is 4.79 Å². The van der Waals surface area contributed by atoms with Crippen LogP contribution in [0.15, 0.2) is 48.8 Å².